The zero-order valence-electron chi connectivity index (χ0n) is 23.8. The fourth-order valence-electron chi connectivity index (χ4n) is 4.80. The van der Waals surface area contributed by atoms with E-state index in [1.807, 2.05) is 0 Å². The van der Waals surface area contributed by atoms with Crippen LogP contribution in [0, 0.1) is 17.5 Å². The normalized spacial score (nSPS) is 17.5. The lowest BCUT2D eigenvalue weighted by Gasteiger charge is -2.30. The van der Waals surface area contributed by atoms with Crippen LogP contribution in [-0.4, -0.2) is 67.7 Å². The largest absolute Gasteiger partial charge is 0.448 e. The summed E-state index contributed by atoms with van der Waals surface area (Å²) in [5, 5.41) is 7.31. The van der Waals surface area contributed by atoms with Gasteiger partial charge in [-0.25, -0.2) is 18.0 Å². The number of benzene rings is 2. The monoisotopic (exact) mass is 639 g/mol. The third-order valence-electron chi connectivity index (χ3n) is 7.12. The van der Waals surface area contributed by atoms with E-state index >= 15 is 0 Å². The number of hydrogen-bond donors (Lipinski definition) is 4. The van der Waals surface area contributed by atoms with Crippen LogP contribution in [0.5, 0.6) is 0 Å². The second-order valence-electron chi connectivity index (χ2n) is 10.4. The van der Waals surface area contributed by atoms with Crippen molar-refractivity contribution in [1.82, 2.24) is 15.6 Å². The van der Waals surface area contributed by atoms with Crippen LogP contribution in [0.3, 0.4) is 0 Å². The van der Waals surface area contributed by atoms with Gasteiger partial charge in [-0.3, -0.25) is 9.78 Å². The van der Waals surface area contributed by atoms with Crippen molar-refractivity contribution in [3.63, 3.8) is 0 Å². The van der Waals surface area contributed by atoms with Gasteiger partial charge in [0.05, 0.1) is 42.9 Å². The predicted octanol–water partition coefficient (Wildman–Crippen LogP) is 4.17. The number of hydrogen-bond acceptors (Lipinski definition) is 7. The number of carbonyl (C=O) groups excluding carboxylic acids is 2. The molecule has 1 aliphatic heterocycles. The number of morpholine rings is 1. The van der Waals surface area contributed by atoms with Crippen molar-refractivity contribution in [3.8, 4) is 0 Å². The summed E-state index contributed by atoms with van der Waals surface area (Å²) in [5.41, 5.74) is 7.66. The van der Waals surface area contributed by atoms with Crippen LogP contribution < -0.4 is 21.7 Å². The van der Waals surface area contributed by atoms with Crippen molar-refractivity contribution in [2.24, 2.45) is 5.73 Å². The highest BCUT2D eigenvalue weighted by molar-refractivity contribution is 5.96. The third-order valence-corrected chi connectivity index (χ3v) is 7.12. The van der Waals surface area contributed by atoms with E-state index in [2.05, 4.69) is 15.6 Å². The maximum atomic E-state index is 14.9. The molecule has 0 spiro atoms. The van der Waals surface area contributed by atoms with Crippen LogP contribution in [0.2, 0.25) is 0 Å². The molecule has 15 heteroatoms. The molecule has 0 radical (unpaired) electrons. The summed E-state index contributed by atoms with van der Waals surface area (Å²) in [6.45, 7) is -1.36. The van der Waals surface area contributed by atoms with Gasteiger partial charge in [-0.1, -0.05) is 24.3 Å². The van der Waals surface area contributed by atoms with Crippen LogP contribution in [0.25, 0.3) is 0 Å². The zero-order valence-corrected chi connectivity index (χ0v) is 23.8. The van der Waals surface area contributed by atoms with E-state index in [-0.39, 0.29) is 43.5 Å². The Morgan fingerprint density at radius 3 is 2.20 bits per heavy atom. The van der Waals surface area contributed by atoms with E-state index in [1.54, 1.807) is 5.32 Å². The fraction of sp³-hybridized carbons (Fsp3) is 0.367. The summed E-state index contributed by atoms with van der Waals surface area (Å²) >= 11 is 0. The zero-order chi connectivity index (χ0) is 32.6. The number of ether oxygens (including phenoxy) is 2. The van der Waals surface area contributed by atoms with Gasteiger partial charge in [0.25, 0.3) is 0 Å². The number of rotatable bonds is 11. The van der Waals surface area contributed by atoms with E-state index < -0.39 is 60.2 Å². The first-order valence-electron chi connectivity index (χ1n) is 13.9. The van der Waals surface area contributed by atoms with Crippen molar-refractivity contribution in [2.75, 3.05) is 31.6 Å². The molecule has 45 heavy (non-hydrogen) atoms. The van der Waals surface area contributed by atoms with Gasteiger partial charge in [0.2, 0.25) is 5.91 Å². The number of nitrogens with two attached hydrogens (primary N) is 1. The lowest BCUT2D eigenvalue weighted by atomic mass is 9.85. The maximum Gasteiger partial charge on any atom is 0.407 e. The minimum Gasteiger partial charge on any atom is -0.448 e. The highest BCUT2D eigenvalue weighted by Gasteiger charge is 2.30. The van der Waals surface area contributed by atoms with Crippen LogP contribution >= 0.6 is 0 Å². The Kier molecular flexibility index (Phi) is 11.4. The number of amides is 2. The summed E-state index contributed by atoms with van der Waals surface area (Å²) in [6.07, 6.45) is -3.42. The van der Waals surface area contributed by atoms with Crippen LogP contribution in [0.4, 0.5) is 36.8 Å². The van der Waals surface area contributed by atoms with Crippen molar-refractivity contribution >= 4 is 17.7 Å². The smallest absolute Gasteiger partial charge is 0.407 e. The number of pyridine rings is 1. The Morgan fingerprint density at radius 2 is 1.64 bits per heavy atom. The molecule has 5 N–H and O–H groups in total. The maximum absolute atomic E-state index is 14.9. The Hall–Kier alpha value is -4.21. The summed E-state index contributed by atoms with van der Waals surface area (Å²) in [4.78, 5) is 28.6. The first-order chi connectivity index (χ1) is 21.4. The number of nitrogens with zero attached hydrogens (tertiary/aromatic N) is 1. The molecule has 9 nitrogen and oxygen atoms in total. The lowest BCUT2D eigenvalue weighted by molar-refractivity contribution is -0.124. The van der Waals surface area contributed by atoms with Gasteiger partial charge >= 0.3 is 12.3 Å². The van der Waals surface area contributed by atoms with Gasteiger partial charge in [0.1, 0.15) is 30.6 Å². The summed E-state index contributed by atoms with van der Waals surface area (Å²) in [7, 11) is 0. The second-order valence-corrected chi connectivity index (χ2v) is 10.4. The number of halogens is 6. The Labute approximate surface area is 254 Å². The number of alkyl halides is 3. The quantitative estimate of drug-likeness (QED) is 0.232. The molecule has 1 fully saturated rings. The molecular formula is C30H31F6N5O4. The molecule has 1 saturated heterocycles. The average molecular weight is 640 g/mol. The first kappa shape index (κ1) is 33.7. The first-order valence-corrected chi connectivity index (χ1v) is 13.9. The van der Waals surface area contributed by atoms with Crippen LogP contribution in [-0.2, 0) is 20.7 Å². The molecule has 0 bridgehead atoms. The van der Waals surface area contributed by atoms with E-state index in [1.165, 1.54) is 54.7 Å². The highest BCUT2D eigenvalue weighted by atomic mass is 19.4. The standard InChI is InChI=1S/C30H31F6N5O4/c31-19-5-1-17(2-6-19)26(18-3-7-20(32)8-4-18)27(37)28(42)41-25-13-38-12-24(33)23(25)10-9-22-11-39-21(14-44-22)15-45-29(43)40-16-30(34,35)36/h1-8,12-13,21-22,26-27,39H,9-11,14-16,37H2,(H,40,43)(H,41,42)/t21-,22-,27+/m1/s1. The van der Waals surface area contributed by atoms with Gasteiger partial charge < -0.3 is 31.2 Å². The molecule has 4 rings (SSSR count). The van der Waals surface area contributed by atoms with Gasteiger partial charge in [-0.15, -0.1) is 0 Å². The van der Waals surface area contributed by atoms with E-state index in [0.717, 1.165) is 6.20 Å². The van der Waals surface area contributed by atoms with Crippen molar-refractivity contribution in [2.45, 2.75) is 43.1 Å². The summed E-state index contributed by atoms with van der Waals surface area (Å²) in [6, 6.07) is 9.09. The number of anilines is 1. The Morgan fingerprint density at radius 1 is 1.02 bits per heavy atom. The number of alkyl carbamates (subject to hydrolysis) is 1. The van der Waals surface area contributed by atoms with Crippen LogP contribution in [0.1, 0.15) is 29.0 Å². The molecular weight excluding hydrogens is 608 g/mol. The highest BCUT2D eigenvalue weighted by Crippen LogP contribution is 2.29. The molecule has 242 valence electrons. The predicted molar refractivity (Wildman–Crippen MR) is 151 cm³/mol. The Bertz CT molecular complexity index is 1390. The molecule has 0 saturated carbocycles. The molecule has 3 atom stereocenters. The van der Waals surface area contributed by atoms with Crippen molar-refractivity contribution in [3.05, 3.63) is 95.1 Å². The fourth-order valence-corrected chi connectivity index (χ4v) is 4.80. The van der Waals surface area contributed by atoms with E-state index in [0.29, 0.717) is 17.5 Å². The lowest BCUT2D eigenvalue weighted by Crippen LogP contribution is -2.49. The molecule has 1 aliphatic rings. The van der Waals surface area contributed by atoms with Gasteiger partial charge in [-0.2, -0.15) is 13.2 Å². The number of carbonyl (C=O) groups is 2. The molecule has 0 unspecified atom stereocenters. The van der Waals surface area contributed by atoms with Crippen LogP contribution in [0.15, 0.2) is 60.9 Å². The number of aromatic nitrogens is 1. The molecule has 2 aromatic carbocycles. The molecule has 2 amide bonds. The molecule has 1 aromatic heterocycles. The SMILES string of the molecule is N[C@H](C(=O)Nc1cncc(F)c1CC[C@@H]1CN[C@@H](COC(=O)NCC(F)(F)F)CO1)C(c1ccc(F)cc1)c1ccc(F)cc1. The molecule has 3 aromatic rings. The third kappa shape index (κ3) is 9.89. The van der Waals surface area contributed by atoms with Gasteiger partial charge in [-0.05, 0) is 48.2 Å². The Balaban J connectivity index is 1.35. The van der Waals surface area contributed by atoms with Gasteiger partial charge in [0, 0.05) is 18.0 Å². The second kappa shape index (κ2) is 15.2. The minimum absolute atomic E-state index is 0.0860. The topological polar surface area (TPSA) is 128 Å². The van der Waals surface area contributed by atoms with E-state index in [9.17, 15) is 35.9 Å². The number of nitrogens with one attached hydrogen (secondary N) is 3. The molecule has 0 aliphatic carbocycles. The van der Waals surface area contributed by atoms with Crippen molar-refractivity contribution < 1.29 is 45.4 Å². The molecule has 2 heterocycles. The van der Waals surface area contributed by atoms with E-state index in [4.69, 9.17) is 15.2 Å². The average Bonchev–Trinajstić information content (AvgIpc) is 3.01. The van der Waals surface area contributed by atoms with Crippen molar-refractivity contribution in [1.29, 1.82) is 0 Å². The summed E-state index contributed by atoms with van der Waals surface area (Å²) in [5.74, 6) is -3.11. The minimum atomic E-state index is -4.56. The van der Waals surface area contributed by atoms with Gasteiger partial charge in [0.15, 0.2) is 0 Å². The summed E-state index contributed by atoms with van der Waals surface area (Å²) < 4.78 is 89.3.